The van der Waals surface area contributed by atoms with Crippen LogP contribution in [0, 0.1) is 13.8 Å². The number of nitrogens with zero attached hydrogens (tertiary/aromatic N) is 3. The lowest BCUT2D eigenvalue weighted by atomic mass is 10.1. The highest BCUT2D eigenvalue weighted by molar-refractivity contribution is 5.94. The Hall–Kier alpha value is -3.28. The van der Waals surface area contributed by atoms with Crippen molar-refractivity contribution in [3.05, 3.63) is 76.3 Å². The number of aryl methyl sites for hydroxylation is 2. The summed E-state index contributed by atoms with van der Waals surface area (Å²) in [6, 6.07) is 14.3. The average Bonchev–Trinajstić information content (AvgIpc) is 2.65. The molecule has 0 aliphatic heterocycles. The molecule has 3 rings (SSSR count). The van der Waals surface area contributed by atoms with Crippen molar-refractivity contribution >= 4 is 11.6 Å². The number of para-hydroxylation sites is 1. The molecule has 0 spiro atoms. The van der Waals surface area contributed by atoms with E-state index in [0.29, 0.717) is 5.69 Å². The van der Waals surface area contributed by atoms with Gasteiger partial charge in [0, 0.05) is 11.3 Å². The first-order chi connectivity index (χ1) is 12.5. The molecule has 0 aliphatic rings. The molecule has 2 aromatic carbocycles. The first-order valence-electron chi connectivity index (χ1n) is 8.35. The number of benzene rings is 2. The van der Waals surface area contributed by atoms with E-state index in [4.69, 9.17) is 0 Å². The molecule has 1 N–H and O–H groups in total. The summed E-state index contributed by atoms with van der Waals surface area (Å²) in [4.78, 5) is 29.0. The highest BCUT2D eigenvalue weighted by Crippen LogP contribution is 2.20. The number of aromatic nitrogens is 3. The van der Waals surface area contributed by atoms with Gasteiger partial charge in [0.2, 0.25) is 5.91 Å². The van der Waals surface area contributed by atoms with E-state index in [-0.39, 0.29) is 5.91 Å². The fourth-order valence-corrected chi connectivity index (χ4v) is 2.71. The molecule has 6 nitrogen and oxygen atoms in total. The molecule has 1 aromatic heterocycles. The molecule has 1 heterocycles. The van der Waals surface area contributed by atoms with Gasteiger partial charge in [-0.15, -0.1) is 0 Å². The molecule has 1 atom stereocenters. The van der Waals surface area contributed by atoms with Gasteiger partial charge in [0.15, 0.2) is 0 Å². The van der Waals surface area contributed by atoms with Gasteiger partial charge in [-0.1, -0.05) is 48.5 Å². The second-order valence-electron chi connectivity index (χ2n) is 6.17. The largest absolute Gasteiger partial charge is 0.365 e. The minimum atomic E-state index is -0.779. The lowest BCUT2D eigenvalue weighted by Crippen LogP contribution is -2.35. The fraction of sp³-hybridized carbons (Fsp3) is 0.200. The van der Waals surface area contributed by atoms with Crippen molar-refractivity contribution < 1.29 is 4.79 Å². The van der Waals surface area contributed by atoms with Crippen LogP contribution in [0.15, 0.2) is 59.5 Å². The fourth-order valence-electron chi connectivity index (χ4n) is 2.71. The van der Waals surface area contributed by atoms with Crippen LogP contribution in [0.2, 0.25) is 0 Å². The quantitative estimate of drug-likeness (QED) is 0.786. The highest BCUT2D eigenvalue weighted by atomic mass is 16.2. The van der Waals surface area contributed by atoms with E-state index in [1.165, 1.54) is 6.20 Å². The lowest BCUT2D eigenvalue weighted by Gasteiger charge is -2.16. The van der Waals surface area contributed by atoms with Crippen LogP contribution < -0.4 is 11.0 Å². The molecule has 0 fully saturated rings. The first kappa shape index (κ1) is 17.5. The van der Waals surface area contributed by atoms with Crippen LogP contribution >= 0.6 is 0 Å². The lowest BCUT2D eigenvalue weighted by molar-refractivity contribution is -0.119. The normalized spacial score (nSPS) is 11.8. The second kappa shape index (κ2) is 7.31. The van der Waals surface area contributed by atoms with Gasteiger partial charge in [-0.05, 0) is 31.9 Å². The molecule has 1 amide bonds. The number of hydrogen-bond acceptors (Lipinski definition) is 4. The summed E-state index contributed by atoms with van der Waals surface area (Å²) in [5, 5.41) is 7.03. The van der Waals surface area contributed by atoms with Crippen molar-refractivity contribution in [2.24, 2.45) is 0 Å². The SMILES string of the molecule is Cc1cccc(C)c1NC(=O)C(C)n1ncc(-c2ccccc2)nc1=O. The Morgan fingerprint density at radius 3 is 2.31 bits per heavy atom. The molecule has 0 saturated carbocycles. The Balaban J connectivity index is 1.85. The van der Waals surface area contributed by atoms with Crippen molar-refractivity contribution in [3.63, 3.8) is 0 Å². The molecule has 0 saturated heterocycles. The van der Waals surface area contributed by atoms with Crippen molar-refractivity contribution in [2.75, 3.05) is 5.32 Å². The molecule has 0 radical (unpaired) electrons. The number of carbonyl (C=O) groups excluding carboxylic acids is 1. The van der Waals surface area contributed by atoms with Crippen LogP contribution in [0.4, 0.5) is 5.69 Å². The standard InChI is InChI=1S/C20H20N4O2/c1-13-8-7-9-14(2)18(13)23-19(25)15(3)24-20(26)22-17(12-21-24)16-10-5-4-6-11-16/h4-12,15H,1-3H3,(H,23,25). The van der Waals surface area contributed by atoms with Crippen LogP contribution in [0.3, 0.4) is 0 Å². The number of anilines is 1. The maximum Gasteiger partial charge on any atom is 0.365 e. The summed E-state index contributed by atoms with van der Waals surface area (Å²) in [7, 11) is 0. The number of carbonyl (C=O) groups is 1. The minimum Gasteiger partial charge on any atom is -0.324 e. The van der Waals surface area contributed by atoms with Crippen LogP contribution in [0.5, 0.6) is 0 Å². The molecular formula is C20H20N4O2. The number of rotatable bonds is 4. The molecule has 132 valence electrons. The summed E-state index contributed by atoms with van der Waals surface area (Å²) in [6.07, 6.45) is 1.50. The van der Waals surface area contributed by atoms with Crippen molar-refractivity contribution in [1.82, 2.24) is 14.8 Å². The zero-order chi connectivity index (χ0) is 18.7. The molecule has 26 heavy (non-hydrogen) atoms. The van der Waals surface area contributed by atoms with Crippen LogP contribution in [-0.2, 0) is 4.79 Å². The summed E-state index contributed by atoms with van der Waals surface area (Å²) >= 11 is 0. The van der Waals surface area contributed by atoms with Crippen molar-refractivity contribution in [3.8, 4) is 11.3 Å². The summed E-state index contributed by atoms with van der Waals surface area (Å²) in [5.74, 6) is -0.314. The van der Waals surface area contributed by atoms with Crippen LogP contribution in [0.1, 0.15) is 24.1 Å². The van der Waals surface area contributed by atoms with Gasteiger partial charge < -0.3 is 5.32 Å². The number of amides is 1. The topological polar surface area (TPSA) is 76.9 Å². The van der Waals surface area contributed by atoms with Crippen LogP contribution in [-0.4, -0.2) is 20.7 Å². The van der Waals surface area contributed by atoms with Gasteiger partial charge in [0.05, 0.1) is 11.9 Å². The Kier molecular flexibility index (Phi) is 4.93. The Bertz CT molecular complexity index is 976. The third kappa shape index (κ3) is 3.54. The van der Waals surface area contributed by atoms with Crippen molar-refractivity contribution in [2.45, 2.75) is 26.8 Å². The van der Waals surface area contributed by atoms with E-state index in [1.54, 1.807) is 6.92 Å². The molecule has 0 aliphatic carbocycles. The second-order valence-corrected chi connectivity index (χ2v) is 6.17. The Morgan fingerprint density at radius 1 is 1.04 bits per heavy atom. The van der Waals surface area contributed by atoms with E-state index in [9.17, 15) is 9.59 Å². The summed E-state index contributed by atoms with van der Waals surface area (Å²) in [6.45, 7) is 5.48. The maximum atomic E-state index is 12.6. The summed E-state index contributed by atoms with van der Waals surface area (Å²) < 4.78 is 1.09. The van der Waals surface area contributed by atoms with Gasteiger partial charge in [-0.2, -0.15) is 10.1 Å². The van der Waals surface area contributed by atoms with Gasteiger partial charge in [-0.25, -0.2) is 9.48 Å². The molecule has 0 bridgehead atoms. The third-order valence-electron chi connectivity index (χ3n) is 4.26. The van der Waals surface area contributed by atoms with Gasteiger partial charge in [0.25, 0.3) is 0 Å². The third-order valence-corrected chi connectivity index (χ3v) is 4.26. The van der Waals surface area contributed by atoms with Crippen LogP contribution in [0.25, 0.3) is 11.3 Å². The van der Waals surface area contributed by atoms with Gasteiger partial charge in [-0.3, -0.25) is 4.79 Å². The number of hydrogen-bond donors (Lipinski definition) is 1. The molecule has 3 aromatic rings. The van der Waals surface area contributed by atoms with E-state index in [2.05, 4.69) is 15.4 Å². The predicted octanol–water partition coefficient (Wildman–Crippen LogP) is 3.12. The highest BCUT2D eigenvalue weighted by Gasteiger charge is 2.19. The monoisotopic (exact) mass is 348 g/mol. The van der Waals surface area contributed by atoms with E-state index < -0.39 is 11.7 Å². The van der Waals surface area contributed by atoms with Crippen molar-refractivity contribution in [1.29, 1.82) is 0 Å². The van der Waals surface area contributed by atoms with E-state index in [1.807, 2.05) is 62.4 Å². The Morgan fingerprint density at radius 2 is 1.69 bits per heavy atom. The van der Waals surface area contributed by atoms with E-state index >= 15 is 0 Å². The average molecular weight is 348 g/mol. The first-order valence-corrected chi connectivity index (χ1v) is 8.35. The predicted molar refractivity (Wildman–Crippen MR) is 101 cm³/mol. The smallest absolute Gasteiger partial charge is 0.324 e. The maximum absolute atomic E-state index is 12.6. The molecular weight excluding hydrogens is 328 g/mol. The zero-order valence-electron chi connectivity index (χ0n) is 14.9. The zero-order valence-corrected chi connectivity index (χ0v) is 14.9. The van der Waals surface area contributed by atoms with Gasteiger partial charge >= 0.3 is 5.69 Å². The molecule has 1 unspecified atom stereocenters. The number of nitrogens with one attached hydrogen (secondary N) is 1. The van der Waals surface area contributed by atoms with E-state index in [0.717, 1.165) is 27.1 Å². The van der Waals surface area contributed by atoms with Gasteiger partial charge in [0.1, 0.15) is 6.04 Å². The summed E-state index contributed by atoms with van der Waals surface area (Å²) in [5.41, 5.74) is 3.40. The Labute approximate surface area is 151 Å². The minimum absolute atomic E-state index is 0.314. The molecule has 6 heteroatoms.